The molecule has 0 aromatic rings. The van der Waals surface area contributed by atoms with E-state index in [1.165, 1.54) is 193 Å². The summed E-state index contributed by atoms with van der Waals surface area (Å²) in [5.41, 5.74) is 0. The molecule has 0 aromatic heterocycles. The molecular formula is C74H144O17P2. The molecule has 5 atom stereocenters. The predicted molar refractivity (Wildman–Crippen MR) is 377 cm³/mol. The Balaban J connectivity index is 5.14. The first-order chi connectivity index (χ1) is 44.9. The number of unbranched alkanes of at least 4 members (excludes halogenated alkanes) is 43. The molecule has 0 aliphatic heterocycles. The van der Waals surface area contributed by atoms with Gasteiger partial charge in [0.05, 0.1) is 26.4 Å². The number of carbonyl (C=O) groups is 4. The largest absolute Gasteiger partial charge is 0.472 e. The molecule has 0 saturated heterocycles. The lowest BCUT2D eigenvalue weighted by Gasteiger charge is -2.21. The lowest BCUT2D eigenvalue weighted by molar-refractivity contribution is -0.161. The Kier molecular flexibility index (Phi) is 64.6. The van der Waals surface area contributed by atoms with E-state index in [2.05, 4.69) is 41.5 Å². The molecule has 0 amide bonds. The fraction of sp³-hybridized carbons (Fsp3) is 0.946. The Bertz CT molecular complexity index is 1800. The standard InChI is InChI=1S/C74H144O17P2/c1-7-9-11-13-14-15-16-29-35-40-46-52-58-73(78)90-69(62-84-71(76)56-50-42-12-10-8-2)64-88-92(80,81)86-60-68(75)61-87-93(82,83)89-65-70(63-85-72(77)57-51-45-39-34-30-25-22-21-24-28-33-38-44-49-55-67(5)6)91-74(79)59-53-47-41-36-31-26-20-18-17-19-23-27-32-37-43-48-54-66(3)4/h66-70,75H,7-65H2,1-6H3,(H,80,81)(H,82,83)/t68-,69+,70+/m0/s1. The van der Waals surface area contributed by atoms with Gasteiger partial charge >= 0.3 is 39.5 Å². The van der Waals surface area contributed by atoms with Crippen LogP contribution in [0.1, 0.15) is 382 Å². The lowest BCUT2D eigenvalue weighted by Crippen LogP contribution is -2.30. The smallest absolute Gasteiger partial charge is 0.462 e. The summed E-state index contributed by atoms with van der Waals surface area (Å²) in [6, 6.07) is 0. The summed E-state index contributed by atoms with van der Waals surface area (Å²) in [6.07, 6.45) is 53.1. The van der Waals surface area contributed by atoms with Gasteiger partial charge in [-0.25, -0.2) is 9.13 Å². The molecule has 552 valence electrons. The summed E-state index contributed by atoms with van der Waals surface area (Å²) in [4.78, 5) is 72.4. The van der Waals surface area contributed by atoms with E-state index in [1.807, 2.05) is 0 Å². The average Bonchev–Trinajstić information content (AvgIpc) is 2.95. The first-order valence-electron chi connectivity index (χ1n) is 38.5. The van der Waals surface area contributed by atoms with E-state index in [-0.39, 0.29) is 25.7 Å². The van der Waals surface area contributed by atoms with E-state index >= 15 is 0 Å². The third kappa shape index (κ3) is 68.4. The van der Waals surface area contributed by atoms with Crippen molar-refractivity contribution in [2.45, 2.75) is 400 Å². The number of phosphoric acid groups is 2. The molecule has 0 heterocycles. The van der Waals surface area contributed by atoms with Crippen molar-refractivity contribution in [1.82, 2.24) is 0 Å². The van der Waals surface area contributed by atoms with Gasteiger partial charge in [-0.1, -0.05) is 330 Å². The van der Waals surface area contributed by atoms with E-state index in [0.29, 0.717) is 25.7 Å². The fourth-order valence-corrected chi connectivity index (χ4v) is 12.9. The number of ether oxygens (including phenoxy) is 4. The van der Waals surface area contributed by atoms with Crippen LogP contribution in [0.2, 0.25) is 0 Å². The minimum atomic E-state index is -4.95. The van der Waals surface area contributed by atoms with E-state index < -0.39 is 97.5 Å². The molecule has 19 heteroatoms. The maximum Gasteiger partial charge on any atom is 0.472 e. The molecule has 2 unspecified atom stereocenters. The second-order valence-corrected chi connectivity index (χ2v) is 30.5. The molecule has 3 N–H and O–H groups in total. The molecule has 0 rings (SSSR count). The molecule has 17 nitrogen and oxygen atoms in total. The molecular weight excluding hydrogens is 1220 g/mol. The number of carbonyl (C=O) groups excluding carboxylic acids is 4. The van der Waals surface area contributed by atoms with Gasteiger partial charge in [-0.3, -0.25) is 37.3 Å². The molecule has 0 aliphatic rings. The van der Waals surface area contributed by atoms with Crippen molar-refractivity contribution in [2.24, 2.45) is 11.8 Å². The second kappa shape index (κ2) is 66.0. The fourth-order valence-electron chi connectivity index (χ4n) is 11.3. The Morgan fingerprint density at radius 3 is 0.731 bits per heavy atom. The van der Waals surface area contributed by atoms with Crippen molar-refractivity contribution in [3.05, 3.63) is 0 Å². The molecule has 0 radical (unpaired) electrons. The maximum absolute atomic E-state index is 13.1. The number of hydrogen-bond donors (Lipinski definition) is 3. The third-order valence-electron chi connectivity index (χ3n) is 17.2. The highest BCUT2D eigenvalue weighted by molar-refractivity contribution is 7.47. The number of hydrogen-bond acceptors (Lipinski definition) is 15. The highest BCUT2D eigenvalue weighted by Crippen LogP contribution is 2.45. The van der Waals surface area contributed by atoms with Gasteiger partial charge in [0.1, 0.15) is 19.3 Å². The van der Waals surface area contributed by atoms with Crippen LogP contribution >= 0.6 is 15.6 Å². The highest BCUT2D eigenvalue weighted by Gasteiger charge is 2.30. The minimum absolute atomic E-state index is 0.106. The van der Waals surface area contributed by atoms with Gasteiger partial charge in [-0.2, -0.15) is 0 Å². The predicted octanol–water partition coefficient (Wildman–Crippen LogP) is 21.6. The van der Waals surface area contributed by atoms with E-state index in [4.69, 9.17) is 37.0 Å². The van der Waals surface area contributed by atoms with Crippen molar-refractivity contribution in [2.75, 3.05) is 39.6 Å². The number of aliphatic hydroxyl groups is 1. The van der Waals surface area contributed by atoms with Crippen LogP contribution in [0.25, 0.3) is 0 Å². The van der Waals surface area contributed by atoms with Crippen molar-refractivity contribution < 1.29 is 80.2 Å². The van der Waals surface area contributed by atoms with Crippen LogP contribution in [0.5, 0.6) is 0 Å². The normalized spacial score (nSPS) is 14.1. The molecule has 93 heavy (non-hydrogen) atoms. The van der Waals surface area contributed by atoms with Gasteiger partial charge in [0.25, 0.3) is 0 Å². The van der Waals surface area contributed by atoms with Crippen molar-refractivity contribution in [3.63, 3.8) is 0 Å². The van der Waals surface area contributed by atoms with Crippen molar-refractivity contribution in [3.8, 4) is 0 Å². The van der Waals surface area contributed by atoms with Crippen LogP contribution in [0.3, 0.4) is 0 Å². The zero-order valence-electron chi connectivity index (χ0n) is 60.6. The zero-order chi connectivity index (χ0) is 68.6. The van der Waals surface area contributed by atoms with E-state index in [0.717, 1.165) is 108 Å². The first kappa shape index (κ1) is 91.1. The van der Waals surface area contributed by atoms with Crippen LogP contribution in [0.4, 0.5) is 0 Å². The Hall–Kier alpha value is -1.94. The van der Waals surface area contributed by atoms with Crippen LogP contribution in [0, 0.1) is 11.8 Å². The Morgan fingerprint density at radius 1 is 0.290 bits per heavy atom. The van der Waals surface area contributed by atoms with Crippen LogP contribution in [-0.2, 0) is 65.4 Å². The maximum atomic E-state index is 13.1. The van der Waals surface area contributed by atoms with Gasteiger partial charge in [0.15, 0.2) is 12.2 Å². The number of aliphatic hydroxyl groups excluding tert-OH is 1. The van der Waals surface area contributed by atoms with Gasteiger partial charge in [0.2, 0.25) is 0 Å². The molecule has 0 saturated carbocycles. The topological polar surface area (TPSA) is 237 Å². The third-order valence-corrected chi connectivity index (χ3v) is 19.1. The van der Waals surface area contributed by atoms with Crippen molar-refractivity contribution in [1.29, 1.82) is 0 Å². The van der Waals surface area contributed by atoms with Crippen LogP contribution in [-0.4, -0.2) is 96.7 Å². The molecule has 0 bridgehead atoms. The minimum Gasteiger partial charge on any atom is -0.462 e. The summed E-state index contributed by atoms with van der Waals surface area (Å²) in [5, 5.41) is 10.6. The number of esters is 4. The highest BCUT2D eigenvalue weighted by atomic mass is 31.2. The molecule has 0 fully saturated rings. The van der Waals surface area contributed by atoms with Crippen LogP contribution in [0.15, 0.2) is 0 Å². The monoisotopic (exact) mass is 1370 g/mol. The zero-order valence-corrected chi connectivity index (χ0v) is 62.3. The summed E-state index contributed by atoms with van der Waals surface area (Å²) >= 11 is 0. The van der Waals surface area contributed by atoms with E-state index in [1.54, 1.807) is 0 Å². The lowest BCUT2D eigenvalue weighted by atomic mass is 10.0. The molecule has 0 aliphatic carbocycles. The first-order valence-corrected chi connectivity index (χ1v) is 41.5. The summed E-state index contributed by atoms with van der Waals surface area (Å²) in [6.45, 7) is 9.55. The second-order valence-electron chi connectivity index (χ2n) is 27.6. The van der Waals surface area contributed by atoms with Gasteiger partial charge in [-0.15, -0.1) is 0 Å². The van der Waals surface area contributed by atoms with Gasteiger partial charge < -0.3 is 33.8 Å². The van der Waals surface area contributed by atoms with Crippen molar-refractivity contribution >= 4 is 39.5 Å². The Morgan fingerprint density at radius 2 is 0.495 bits per heavy atom. The summed E-state index contributed by atoms with van der Waals surface area (Å²) < 4.78 is 68.2. The summed E-state index contributed by atoms with van der Waals surface area (Å²) in [5.74, 6) is -0.520. The van der Waals surface area contributed by atoms with Gasteiger partial charge in [0, 0.05) is 25.7 Å². The number of phosphoric ester groups is 2. The Labute approximate surface area is 568 Å². The van der Waals surface area contributed by atoms with Gasteiger partial charge in [-0.05, 0) is 37.5 Å². The molecule has 0 spiro atoms. The van der Waals surface area contributed by atoms with E-state index in [9.17, 15) is 43.2 Å². The van der Waals surface area contributed by atoms with Crippen LogP contribution < -0.4 is 0 Å². The SMILES string of the molecule is CCCCCCCCCCCCCCC(=O)O[C@H](COC(=O)CCCCCCC)COP(=O)(O)OC[C@H](O)COP(=O)(O)OC[C@@H](COC(=O)CCCCCCCCCCCCCCCCC(C)C)OC(=O)CCCCCCCCCCCCCCCCCCC(C)C. The average molecular weight is 1370 g/mol. The number of rotatable bonds is 73. The molecule has 0 aromatic carbocycles. The quantitative estimate of drug-likeness (QED) is 0.0222. The summed E-state index contributed by atoms with van der Waals surface area (Å²) in [7, 11) is -9.90.